The summed E-state index contributed by atoms with van der Waals surface area (Å²) in [6, 6.07) is 3.67. The Morgan fingerprint density at radius 1 is 1.12 bits per heavy atom. The van der Waals surface area contributed by atoms with Gasteiger partial charge in [-0.15, -0.1) is 0 Å². The predicted molar refractivity (Wildman–Crippen MR) is 158 cm³/mol. The predicted octanol–water partition coefficient (Wildman–Crippen LogP) is 5.11. The van der Waals surface area contributed by atoms with E-state index in [4.69, 9.17) is 16.7 Å². The lowest BCUT2D eigenvalue weighted by atomic mass is 10.1. The molecular weight excluding hydrogens is 607 g/mol. The van der Waals surface area contributed by atoms with Crippen LogP contribution in [0.15, 0.2) is 30.6 Å². The van der Waals surface area contributed by atoms with Crippen LogP contribution in [0.1, 0.15) is 47.1 Å². The number of rotatable bonds is 9. The van der Waals surface area contributed by atoms with Crippen molar-refractivity contribution in [3.8, 4) is 11.3 Å². The smallest absolute Gasteiger partial charge is 0.416 e. The molecule has 0 radical (unpaired) electrons. The number of likely N-dealkylation sites (tertiary alicyclic amines) is 1. The van der Waals surface area contributed by atoms with Crippen LogP contribution in [0.3, 0.4) is 0 Å². The first-order chi connectivity index (χ1) is 20.5. The van der Waals surface area contributed by atoms with E-state index in [1.807, 2.05) is 4.90 Å². The van der Waals surface area contributed by atoms with Crippen molar-refractivity contribution in [2.45, 2.75) is 44.9 Å². The van der Waals surface area contributed by atoms with Crippen molar-refractivity contribution in [1.29, 1.82) is 0 Å². The zero-order chi connectivity index (χ0) is 30.7. The third kappa shape index (κ3) is 7.80. The zero-order valence-electron chi connectivity index (χ0n) is 23.4. The fourth-order valence-electron chi connectivity index (χ4n) is 5.26. The standard InChI is InChI=1S/C28H31ClF3N7O3S/c1-17-3-2-5-39(17)16-22-25(18-11-19(28(30,31)32)13-20(29)12-18)35-27(43-22)36-26(42)21-14-34-23(15-33-21)38-9-7-37(8-10-38)6-4-24(40)41/h11-15,17H,2-10,16H2,1H3,(H,40,41)(H,35,36,42)/t17-/m1/s1. The lowest BCUT2D eigenvalue weighted by Gasteiger charge is -2.34. The van der Waals surface area contributed by atoms with Gasteiger partial charge >= 0.3 is 12.1 Å². The Morgan fingerprint density at radius 2 is 1.88 bits per heavy atom. The third-order valence-corrected chi connectivity index (χ3v) is 8.84. The SMILES string of the molecule is C[C@@H]1CCCN1Cc1sc(NC(=O)c2cnc(N3CCN(CCC(=O)O)CC3)cn2)nc1-c1cc(Cl)cc(C(F)(F)F)c1. The van der Waals surface area contributed by atoms with Gasteiger partial charge in [0.25, 0.3) is 5.91 Å². The molecule has 43 heavy (non-hydrogen) atoms. The van der Waals surface area contributed by atoms with Crippen LogP contribution >= 0.6 is 22.9 Å². The van der Waals surface area contributed by atoms with Crippen molar-refractivity contribution in [3.63, 3.8) is 0 Å². The molecule has 2 N–H and O–H groups in total. The molecule has 230 valence electrons. The van der Waals surface area contributed by atoms with Gasteiger partial charge in [0.15, 0.2) is 5.13 Å². The van der Waals surface area contributed by atoms with E-state index in [2.05, 4.69) is 37.0 Å². The van der Waals surface area contributed by atoms with Gasteiger partial charge < -0.3 is 10.0 Å². The highest BCUT2D eigenvalue weighted by Crippen LogP contribution is 2.39. The summed E-state index contributed by atoms with van der Waals surface area (Å²) in [4.78, 5) is 44.2. The molecule has 0 bridgehead atoms. The number of carboxylic acids is 1. The number of hydrogen-bond donors (Lipinski definition) is 2. The minimum Gasteiger partial charge on any atom is -0.481 e. The first-order valence-corrected chi connectivity index (χ1v) is 15.1. The lowest BCUT2D eigenvalue weighted by molar-refractivity contribution is -0.138. The largest absolute Gasteiger partial charge is 0.481 e. The normalized spacial score (nSPS) is 18.3. The quantitative estimate of drug-likeness (QED) is 0.331. The van der Waals surface area contributed by atoms with Crippen molar-refractivity contribution in [1.82, 2.24) is 24.8 Å². The fourth-order valence-corrected chi connectivity index (χ4v) is 6.50. The first kappa shape index (κ1) is 31.1. The molecule has 0 unspecified atom stereocenters. The number of piperazine rings is 1. The van der Waals surface area contributed by atoms with Gasteiger partial charge in [0.1, 0.15) is 11.5 Å². The van der Waals surface area contributed by atoms with Gasteiger partial charge in [-0.2, -0.15) is 13.2 Å². The Kier molecular flexibility index (Phi) is 9.49. The van der Waals surface area contributed by atoms with Gasteiger partial charge in [-0.1, -0.05) is 22.9 Å². The zero-order valence-corrected chi connectivity index (χ0v) is 25.0. The van der Waals surface area contributed by atoms with E-state index in [0.717, 1.165) is 36.4 Å². The van der Waals surface area contributed by atoms with E-state index in [1.54, 1.807) is 0 Å². The molecule has 0 saturated carbocycles. The summed E-state index contributed by atoms with van der Waals surface area (Å²) in [5.74, 6) is -0.760. The number of benzene rings is 1. The number of hydrogen-bond acceptors (Lipinski definition) is 9. The molecule has 3 aromatic rings. The minimum absolute atomic E-state index is 0.0547. The summed E-state index contributed by atoms with van der Waals surface area (Å²) in [6.45, 7) is 6.64. The summed E-state index contributed by atoms with van der Waals surface area (Å²) in [5.41, 5.74) is -0.231. The third-order valence-electron chi connectivity index (χ3n) is 7.66. The van der Waals surface area contributed by atoms with Crippen molar-refractivity contribution in [2.24, 2.45) is 0 Å². The maximum Gasteiger partial charge on any atom is 0.416 e. The van der Waals surface area contributed by atoms with Gasteiger partial charge in [-0.05, 0) is 44.5 Å². The number of amides is 1. The molecule has 10 nitrogen and oxygen atoms in total. The van der Waals surface area contributed by atoms with Crippen LogP contribution in [0, 0.1) is 0 Å². The molecule has 2 aliphatic heterocycles. The molecule has 5 rings (SSSR count). The van der Waals surface area contributed by atoms with Crippen LogP contribution in [0.2, 0.25) is 5.02 Å². The molecule has 2 saturated heterocycles. The number of thiazole rings is 1. The second-order valence-electron chi connectivity index (χ2n) is 10.7. The number of aromatic nitrogens is 3. The van der Waals surface area contributed by atoms with Crippen molar-refractivity contribution < 1.29 is 27.9 Å². The summed E-state index contributed by atoms with van der Waals surface area (Å²) >= 11 is 7.29. The number of carboxylic acid groups (broad SMARTS) is 1. The number of aliphatic carboxylic acids is 1. The second kappa shape index (κ2) is 13.1. The maximum atomic E-state index is 13.6. The van der Waals surface area contributed by atoms with Crippen LogP contribution in [-0.2, 0) is 17.5 Å². The Hall–Kier alpha value is -3.33. The summed E-state index contributed by atoms with van der Waals surface area (Å²) in [5, 5.41) is 11.8. The molecule has 1 aromatic carbocycles. The number of anilines is 2. The summed E-state index contributed by atoms with van der Waals surface area (Å²) in [6.07, 6.45) is 0.465. The van der Waals surface area contributed by atoms with Crippen LogP contribution in [-0.4, -0.2) is 87.0 Å². The number of halogens is 4. The molecule has 0 aliphatic carbocycles. The summed E-state index contributed by atoms with van der Waals surface area (Å²) < 4.78 is 40.7. The monoisotopic (exact) mass is 637 g/mol. The second-order valence-corrected chi connectivity index (χ2v) is 12.2. The number of alkyl halides is 3. The van der Waals surface area contributed by atoms with E-state index >= 15 is 0 Å². The first-order valence-electron chi connectivity index (χ1n) is 13.9. The van der Waals surface area contributed by atoms with Crippen LogP contribution < -0.4 is 10.2 Å². The van der Waals surface area contributed by atoms with Gasteiger partial charge in [-0.3, -0.25) is 24.7 Å². The topological polar surface area (TPSA) is 115 Å². The highest BCUT2D eigenvalue weighted by Gasteiger charge is 2.32. The maximum absolute atomic E-state index is 13.6. The molecule has 1 atom stereocenters. The van der Waals surface area contributed by atoms with Crippen LogP contribution in [0.25, 0.3) is 11.3 Å². The molecule has 0 spiro atoms. The summed E-state index contributed by atoms with van der Waals surface area (Å²) in [7, 11) is 0. The minimum atomic E-state index is -4.57. The molecule has 15 heteroatoms. The van der Waals surface area contributed by atoms with Gasteiger partial charge in [0.05, 0.1) is 30.1 Å². The average Bonchev–Trinajstić information content (AvgIpc) is 3.56. The van der Waals surface area contributed by atoms with Crippen molar-refractivity contribution in [2.75, 3.05) is 49.5 Å². The van der Waals surface area contributed by atoms with E-state index < -0.39 is 23.6 Å². The van der Waals surface area contributed by atoms with Crippen molar-refractivity contribution in [3.05, 3.63) is 51.7 Å². The van der Waals surface area contributed by atoms with Crippen molar-refractivity contribution >= 4 is 45.8 Å². The van der Waals surface area contributed by atoms with E-state index in [-0.39, 0.29) is 27.8 Å². The fraction of sp³-hybridized carbons (Fsp3) is 0.464. The Labute approximate surface area is 255 Å². The average molecular weight is 638 g/mol. The Balaban J connectivity index is 1.31. The van der Waals surface area contributed by atoms with Gasteiger partial charge in [-0.25, -0.2) is 15.0 Å². The molecule has 2 fully saturated rings. The molecule has 2 aliphatic rings. The molecule has 1 amide bonds. The number of nitrogens with one attached hydrogen (secondary N) is 1. The van der Waals surface area contributed by atoms with Gasteiger partial charge in [0, 0.05) is 60.8 Å². The Morgan fingerprint density at radius 3 is 2.51 bits per heavy atom. The highest BCUT2D eigenvalue weighted by atomic mass is 35.5. The molecule has 2 aromatic heterocycles. The molecular formula is C28H31ClF3N7O3S. The van der Waals surface area contributed by atoms with Crippen LogP contribution in [0.4, 0.5) is 24.1 Å². The van der Waals surface area contributed by atoms with E-state index in [9.17, 15) is 22.8 Å². The van der Waals surface area contributed by atoms with E-state index in [0.29, 0.717) is 56.8 Å². The number of carbonyl (C=O) groups excluding carboxylic acids is 1. The molecule has 4 heterocycles. The highest BCUT2D eigenvalue weighted by molar-refractivity contribution is 7.16. The van der Waals surface area contributed by atoms with Crippen LogP contribution in [0.5, 0.6) is 0 Å². The number of carbonyl (C=O) groups is 2. The Bertz CT molecular complexity index is 1460. The number of nitrogens with zero attached hydrogens (tertiary/aromatic N) is 6. The van der Waals surface area contributed by atoms with Gasteiger partial charge in [0.2, 0.25) is 0 Å². The van der Waals surface area contributed by atoms with E-state index in [1.165, 1.54) is 29.8 Å². The lowest BCUT2D eigenvalue weighted by Crippen LogP contribution is -2.47.